The highest BCUT2D eigenvalue weighted by Gasteiger charge is 2.09. The fourth-order valence-electron chi connectivity index (χ4n) is 1.65. The minimum Gasteiger partial charge on any atom is -0.248 e. The zero-order chi connectivity index (χ0) is 12.6. The fraction of sp³-hybridized carbons (Fsp3) is 0.286. The quantitative estimate of drug-likeness (QED) is 0.759. The first-order valence-electron chi connectivity index (χ1n) is 5.57. The smallest absolute Gasteiger partial charge is 0.155 e. The molecule has 0 bridgehead atoms. The molecule has 0 atom stereocenters. The summed E-state index contributed by atoms with van der Waals surface area (Å²) in [5, 5.41) is 0.469. The van der Waals surface area contributed by atoms with Crippen LogP contribution in [0.25, 0.3) is 11.3 Å². The van der Waals surface area contributed by atoms with Crippen LogP contribution in [-0.4, -0.2) is 9.97 Å². The van der Waals surface area contributed by atoms with Crippen LogP contribution in [0.15, 0.2) is 18.2 Å². The molecule has 2 nitrogen and oxygen atoms in total. The van der Waals surface area contributed by atoms with E-state index in [9.17, 15) is 0 Å². The minimum absolute atomic E-state index is 0.469. The minimum atomic E-state index is 0.469. The summed E-state index contributed by atoms with van der Waals surface area (Å²) in [6.07, 6.45) is 0. The van der Waals surface area contributed by atoms with Crippen molar-refractivity contribution in [1.82, 2.24) is 9.97 Å². The number of halogens is 1. The van der Waals surface area contributed by atoms with Crippen molar-refractivity contribution in [3.05, 3.63) is 45.9 Å². The Morgan fingerprint density at radius 2 is 1.53 bits per heavy atom. The van der Waals surface area contributed by atoms with Gasteiger partial charge < -0.3 is 0 Å². The number of benzene rings is 1. The van der Waals surface area contributed by atoms with Gasteiger partial charge in [-0.05, 0) is 44.9 Å². The molecule has 0 aliphatic rings. The summed E-state index contributed by atoms with van der Waals surface area (Å²) in [6, 6.07) is 6.21. The molecule has 2 rings (SSSR count). The third-order valence-electron chi connectivity index (χ3n) is 3.04. The van der Waals surface area contributed by atoms with E-state index in [1.54, 1.807) is 0 Å². The summed E-state index contributed by atoms with van der Waals surface area (Å²) < 4.78 is 0. The van der Waals surface area contributed by atoms with E-state index in [4.69, 9.17) is 11.6 Å². The van der Waals surface area contributed by atoms with E-state index < -0.39 is 0 Å². The average molecular weight is 247 g/mol. The molecular weight excluding hydrogens is 232 g/mol. The van der Waals surface area contributed by atoms with Gasteiger partial charge in [-0.1, -0.05) is 23.7 Å². The van der Waals surface area contributed by atoms with E-state index in [1.807, 2.05) is 19.9 Å². The maximum atomic E-state index is 6.15. The van der Waals surface area contributed by atoms with E-state index in [2.05, 4.69) is 35.9 Å². The van der Waals surface area contributed by atoms with Crippen LogP contribution < -0.4 is 0 Å². The van der Waals surface area contributed by atoms with Gasteiger partial charge in [0.05, 0.1) is 11.4 Å². The zero-order valence-electron chi connectivity index (χ0n) is 10.5. The third-order valence-corrected chi connectivity index (χ3v) is 3.31. The summed E-state index contributed by atoms with van der Waals surface area (Å²) in [5.41, 5.74) is 6.08. The summed E-state index contributed by atoms with van der Waals surface area (Å²) in [4.78, 5) is 8.82. The predicted octanol–water partition coefficient (Wildman–Crippen LogP) is 4.03. The molecule has 0 saturated heterocycles. The first-order chi connectivity index (χ1) is 7.99. The van der Waals surface area contributed by atoms with Crippen molar-refractivity contribution in [2.75, 3.05) is 0 Å². The molecule has 0 spiro atoms. The van der Waals surface area contributed by atoms with Crippen LogP contribution >= 0.6 is 11.6 Å². The lowest BCUT2D eigenvalue weighted by Gasteiger charge is -2.08. The van der Waals surface area contributed by atoms with Crippen molar-refractivity contribution in [2.45, 2.75) is 27.7 Å². The normalized spacial score (nSPS) is 10.6. The SMILES string of the molecule is Cc1ccc(-c2nc(C)c(C)nc2Cl)cc1C. The Kier molecular flexibility index (Phi) is 3.16. The van der Waals surface area contributed by atoms with Crippen LogP contribution in [0, 0.1) is 27.7 Å². The molecule has 0 aliphatic carbocycles. The van der Waals surface area contributed by atoms with Crippen molar-refractivity contribution >= 4 is 11.6 Å². The Bertz CT molecular complexity index is 577. The van der Waals surface area contributed by atoms with Crippen LogP contribution in [0.1, 0.15) is 22.5 Å². The third kappa shape index (κ3) is 2.32. The molecule has 0 unspecified atom stereocenters. The topological polar surface area (TPSA) is 25.8 Å². The van der Waals surface area contributed by atoms with Gasteiger partial charge in [0.15, 0.2) is 5.15 Å². The van der Waals surface area contributed by atoms with Crippen molar-refractivity contribution in [2.24, 2.45) is 0 Å². The molecule has 0 radical (unpaired) electrons. The molecule has 0 amide bonds. The molecule has 0 N–H and O–H groups in total. The Balaban J connectivity index is 2.60. The van der Waals surface area contributed by atoms with Crippen LogP contribution in [0.3, 0.4) is 0 Å². The number of rotatable bonds is 1. The molecule has 2 aromatic rings. The first kappa shape index (κ1) is 12.1. The molecule has 88 valence electrons. The summed E-state index contributed by atoms with van der Waals surface area (Å²) in [5.74, 6) is 0. The number of aromatic nitrogens is 2. The monoisotopic (exact) mass is 246 g/mol. The maximum absolute atomic E-state index is 6.15. The summed E-state index contributed by atoms with van der Waals surface area (Å²) in [7, 11) is 0. The maximum Gasteiger partial charge on any atom is 0.155 e. The van der Waals surface area contributed by atoms with Gasteiger partial charge in [-0.2, -0.15) is 0 Å². The second-order valence-electron chi connectivity index (χ2n) is 4.33. The van der Waals surface area contributed by atoms with Crippen LogP contribution in [-0.2, 0) is 0 Å². The average Bonchev–Trinajstić information content (AvgIpc) is 2.27. The molecule has 3 heteroatoms. The fourth-order valence-corrected chi connectivity index (χ4v) is 1.93. The zero-order valence-corrected chi connectivity index (χ0v) is 11.3. The van der Waals surface area contributed by atoms with Crippen molar-refractivity contribution < 1.29 is 0 Å². The van der Waals surface area contributed by atoms with Crippen molar-refractivity contribution in [1.29, 1.82) is 0 Å². The molecule has 1 heterocycles. The molecule has 1 aromatic carbocycles. The second-order valence-corrected chi connectivity index (χ2v) is 4.69. The number of hydrogen-bond acceptors (Lipinski definition) is 2. The second kappa shape index (κ2) is 4.46. The van der Waals surface area contributed by atoms with Crippen LogP contribution in [0.5, 0.6) is 0 Å². The number of aryl methyl sites for hydroxylation is 4. The van der Waals surface area contributed by atoms with Gasteiger partial charge in [0.2, 0.25) is 0 Å². The number of hydrogen-bond donors (Lipinski definition) is 0. The summed E-state index contributed by atoms with van der Waals surface area (Å²) in [6.45, 7) is 8.04. The van der Waals surface area contributed by atoms with Gasteiger partial charge >= 0.3 is 0 Å². The lowest BCUT2D eigenvalue weighted by Crippen LogP contribution is -1.96. The van der Waals surface area contributed by atoms with Crippen molar-refractivity contribution in [3.8, 4) is 11.3 Å². The van der Waals surface area contributed by atoms with Gasteiger partial charge in [0.25, 0.3) is 0 Å². The first-order valence-corrected chi connectivity index (χ1v) is 5.95. The highest BCUT2D eigenvalue weighted by atomic mass is 35.5. The number of nitrogens with zero attached hydrogens (tertiary/aromatic N) is 2. The molecule has 17 heavy (non-hydrogen) atoms. The van der Waals surface area contributed by atoms with Gasteiger partial charge in [0, 0.05) is 5.56 Å². The Morgan fingerprint density at radius 3 is 2.18 bits per heavy atom. The highest BCUT2D eigenvalue weighted by Crippen LogP contribution is 2.26. The lowest BCUT2D eigenvalue weighted by molar-refractivity contribution is 1.05. The van der Waals surface area contributed by atoms with Gasteiger partial charge in [-0.25, -0.2) is 9.97 Å². The predicted molar refractivity (Wildman–Crippen MR) is 71.4 cm³/mol. The van der Waals surface area contributed by atoms with E-state index in [0.717, 1.165) is 22.6 Å². The van der Waals surface area contributed by atoms with Gasteiger partial charge in [-0.15, -0.1) is 0 Å². The van der Waals surface area contributed by atoms with E-state index >= 15 is 0 Å². The molecule has 0 fully saturated rings. The Morgan fingerprint density at radius 1 is 0.882 bits per heavy atom. The lowest BCUT2D eigenvalue weighted by atomic mass is 10.0. The van der Waals surface area contributed by atoms with Gasteiger partial charge in [0.1, 0.15) is 5.69 Å². The summed E-state index contributed by atoms with van der Waals surface area (Å²) >= 11 is 6.15. The largest absolute Gasteiger partial charge is 0.248 e. The van der Waals surface area contributed by atoms with E-state index in [0.29, 0.717) is 5.15 Å². The van der Waals surface area contributed by atoms with Crippen LogP contribution in [0.4, 0.5) is 0 Å². The molecule has 0 aliphatic heterocycles. The van der Waals surface area contributed by atoms with E-state index in [1.165, 1.54) is 11.1 Å². The molecular formula is C14H15ClN2. The Labute approximate surface area is 107 Å². The highest BCUT2D eigenvalue weighted by molar-refractivity contribution is 6.31. The Hall–Kier alpha value is -1.41. The van der Waals surface area contributed by atoms with Gasteiger partial charge in [-0.3, -0.25) is 0 Å². The molecule has 0 saturated carbocycles. The van der Waals surface area contributed by atoms with E-state index in [-0.39, 0.29) is 0 Å². The standard InChI is InChI=1S/C14H15ClN2/c1-8-5-6-12(7-9(8)2)13-14(15)17-11(4)10(3)16-13/h5-7H,1-4H3. The van der Waals surface area contributed by atoms with Crippen molar-refractivity contribution in [3.63, 3.8) is 0 Å². The van der Waals surface area contributed by atoms with Crippen LogP contribution in [0.2, 0.25) is 5.15 Å². The molecule has 1 aromatic heterocycles.